The van der Waals surface area contributed by atoms with Gasteiger partial charge in [-0.2, -0.15) is 0 Å². The maximum atomic E-state index is 12.5. The van der Waals surface area contributed by atoms with E-state index in [0.717, 1.165) is 18.5 Å². The number of benzene rings is 2. The highest BCUT2D eigenvalue weighted by molar-refractivity contribution is 6.00. The van der Waals surface area contributed by atoms with E-state index in [1.165, 1.54) is 17.5 Å². The van der Waals surface area contributed by atoms with Crippen molar-refractivity contribution in [1.29, 1.82) is 0 Å². The summed E-state index contributed by atoms with van der Waals surface area (Å²) in [6.45, 7) is 0.374. The Morgan fingerprint density at radius 2 is 1.83 bits per heavy atom. The van der Waals surface area contributed by atoms with E-state index in [1.54, 1.807) is 36.6 Å². The molecule has 1 heterocycles. The van der Waals surface area contributed by atoms with Crippen LogP contribution in [0.15, 0.2) is 65.3 Å². The molecule has 2 aromatic carbocycles. The lowest BCUT2D eigenvalue weighted by Gasteiger charge is -2.12. The molecule has 3 aromatic rings. The van der Waals surface area contributed by atoms with Crippen LogP contribution in [0.4, 0.5) is 11.4 Å². The minimum atomic E-state index is -0.233. The van der Waals surface area contributed by atoms with Gasteiger partial charge in [-0.15, -0.1) is 0 Å². The van der Waals surface area contributed by atoms with E-state index in [2.05, 4.69) is 28.1 Å². The van der Waals surface area contributed by atoms with Crippen molar-refractivity contribution in [3.05, 3.63) is 83.3 Å². The standard InChI is InChI=1S/C23H23N3O3/c27-22(26-18-11-10-16-5-3-6-17(16)13-18)15-24-21-9-2-1-8-20(21)23(28)25-14-19-7-4-12-29-19/h1-2,4,7-13,24H,3,5-6,14-15H2,(H,25,28)(H,26,27). The molecule has 6 nitrogen and oxygen atoms in total. The monoisotopic (exact) mass is 389 g/mol. The number of para-hydroxylation sites is 1. The van der Waals surface area contributed by atoms with Crippen LogP contribution < -0.4 is 16.0 Å². The topological polar surface area (TPSA) is 83.4 Å². The van der Waals surface area contributed by atoms with Crippen LogP contribution in [-0.2, 0) is 24.2 Å². The van der Waals surface area contributed by atoms with Crippen molar-refractivity contribution < 1.29 is 14.0 Å². The molecule has 4 rings (SSSR count). The van der Waals surface area contributed by atoms with E-state index in [9.17, 15) is 9.59 Å². The maximum absolute atomic E-state index is 12.5. The lowest BCUT2D eigenvalue weighted by molar-refractivity contribution is -0.114. The second-order valence-electron chi connectivity index (χ2n) is 7.05. The molecule has 0 aliphatic heterocycles. The number of carbonyl (C=O) groups is 2. The summed E-state index contributed by atoms with van der Waals surface area (Å²) in [5.74, 6) is 0.287. The summed E-state index contributed by atoms with van der Waals surface area (Å²) in [7, 11) is 0. The Hall–Kier alpha value is -3.54. The molecule has 0 saturated heterocycles. The van der Waals surface area contributed by atoms with Gasteiger partial charge in [0.05, 0.1) is 24.9 Å². The summed E-state index contributed by atoms with van der Waals surface area (Å²) in [5.41, 5.74) is 4.57. The van der Waals surface area contributed by atoms with Gasteiger partial charge in [-0.05, 0) is 66.8 Å². The quantitative estimate of drug-likeness (QED) is 0.575. The molecule has 1 aromatic heterocycles. The molecule has 148 valence electrons. The highest BCUT2D eigenvalue weighted by Crippen LogP contribution is 2.25. The number of aryl methyl sites for hydroxylation is 2. The number of hydrogen-bond acceptors (Lipinski definition) is 4. The van der Waals surface area contributed by atoms with Gasteiger partial charge in [0.2, 0.25) is 5.91 Å². The second-order valence-corrected chi connectivity index (χ2v) is 7.05. The van der Waals surface area contributed by atoms with Gasteiger partial charge < -0.3 is 20.4 Å². The van der Waals surface area contributed by atoms with Crippen LogP contribution >= 0.6 is 0 Å². The zero-order chi connectivity index (χ0) is 20.1. The van der Waals surface area contributed by atoms with Crippen molar-refractivity contribution in [3.63, 3.8) is 0 Å². The van der Waals surface area contributed by atoms with E-state index in [1.807, 2.05) is 12.1 Å². The van der Waals surface area contributed by atoms with Crippen LogP contribution in [0.3, 0.4) is 0 Å². The number of anilines is 2. The molecule has 0 saturated carbocycles. The first kappa shape index (κ1) is 18.8. The Kier molecular flexibility index (Phi) is 5.61. The van der Waals surface area contributed by atoms with Crippen LogP contribution in [0.2, 0.25) is 0 Å². The Balaban J connectivity index is 1.34. The van der Waals surface area contributed by atoms with Gasteiger partial charge in [-0.3, -0.25) is 9.59 Å². The molecule has 1 aliphatic carbocycles. The molecule has 29 heavy (non-hydrogen) atoms. The predicted octanol–water partition coefficient (Wildman–Crippen LogP) is 3.75. The number of furan rings is 1. The summed E-state index contributed by atoms with van der Waals surface area (Å²) in [6, 6.07) is 16.8. The largest absolute Gasteiger partial charge is 0.467 e. The maximum Gasteiger partial charge on any atom is 0.253 e. The molecule has 0 unspecified atom stereocenters. The van der Waals surface area contributed by atoms with Crippen LogP contribution in [0.25, 0.3) is 0 Å². The van der Waals surface area contributed by atoms with Crippen molar-refractivity contribution in [2.75, 3.05) is 17.2 Å². The molecular formula is C23H23N3O3. The first-order valence-electron chi connectivity index (χ1n) is 9.74. The molecule has 0 atom stereocenters. The Labute approximate surface area is 169 Å². The van der Waals surface area contributed by atoms with Crippen molar-refractivity contribution >= 4 is 23.2 Å². The Bertz CT molecular complexity index is 1010. The van der Waals surface area contributed by atoms with E-state index < -0.39 is 0 Å². The number of hydrogen-bond donors (Lipinski definition) is 3. The number of amides is 2. The molecular weight excluding hydrogens is 366 g/mol. The molecule has 3 N–H and O–H groups in total. The zero-order valence-corrected chi connectivity index (χ0v) is 16.0. The van der Waals surface area contributed by atoms with E-state index in [4.69, 9.17) is 4.42 Å². The Morgan fingerprint density at radius 1 is 0.966 bits per heavy atom. The van der Waals surface area contributed by atoms with Gasteiger partial charge in [0.25, 0.3) is 5.91 Å². The summed E-state index contributed by atoms with van der Waals surface area (Å²) >= 11 is 0. The van der Waals surface area contributed by atoms with Crippen LogP contribution in [0.5, 0.6) is 0 Å². The normalized spacial score (nSPS) is 12.3. The van der Waals surface area contributed by atoms with Gasteiger partial charge in [-0.25, -0.2) is 0 Å². The molecule has 6 heteroatoms. The average molecular weight is 389 g/mol. The van der Waals surface area contributed by atoms with E-state index in [-0.39, 0.29) is 18.4 Å². The van der Waals surface area contributed by atoms with Crippen molar-refractivity contribution in [2.24, 2.45) is 0 Å². The Morgan fingerprint density at radius 3 is 2.69 bits per heavy atom. The van der Waals surface area contributed by atoms with Crippen LogP contribution in [0.1, 0.15) is 33.7 Å². The average Bonchev–Trinajstić information content (AvgIpc) is 3.42. The van der Waals surface area contributed by atoms with Gasteiger partial charge in [-0.1, -0.05) is 18.2 Å². The minimum absolute atomic E-state index is 0.0690. The first-order valence-corrected chi connectivity index (χ1v) is 9.74. The summed E-state index contributed by atoms with van der Waals surface area (Å²) in [4.78, 5) is 24.9. The second kappa shape index (κ2) is 8.65. The lowest BCUT2D eigenvalue weighted by atomic mass is 10.1. The third-order valence-corrected chi connectivity index (χ3v) is 5.00. The van der Waals surface area contributed by atoms with Gasteiger partial charge in [0.1, 0.15) is 5.76 Å². The number of nitrogens with one attached hydrogen (secondary N) is 3. The van der Waals surface area contributed by atoms with Crippen molar-refractivity contribution in [3.8, 4) is 0 Å². The molecule has 2 amide bonds. The van der Waals surface area contributed by atoms with Crippen molar-refractivity contribution in [2.45, 2.75) is 25.8 Å². The number of carbonyl (C=O) groups excluding carboxylic acids is 2. The highest BCUT2D eigenvalue weighted by atomic mass is 16.3. The molecule has 0 fully saturated rings. The molecule has 0 radical (unpaired) electrons. The third kappa shape index (κ3) is 4.66. The van der Waals surface area contributed by atoms with Gasteiger partial charge in [0, 0.05) is 11.4 Å². The highest BCUT2D eigenvalue weighted by Gasteiger charge is 2.14. The van der Waals surface area contributed by atoms with Gasteiger partial charge >= 0.3 is 0 Å². The van der Waals surface area contributed by atoms with E-state index in [0.29, 0.717) is 23.6 Å². The summed E-state index contributed by atoms with van der Waals surface area (Å²) in [6.07, 6.45) is 4.92. The fourth-order valence-corrected chi connectivity index (χ4v) is 3.54. The first-order chi connectivity index (χ1) is 14.2. The number of rotatable bonds is 7. The molecule has 1 aliphatic rings. The van der Waals surface area contributed by atoms with Gasteiger partial charge in [0.15, 0.2) is 0 Å². The SMILES string of the molecule is O=C(CNc1ccccc1C(=O)NCc1ccco1)Nc1ccc2c(c1)CCC2. The van der Waals surface area contributed by atoms with Crippen molar-refractivity contribution in [1.82, 2.24) is 5.32 Å². The fraction of sp³-hybridized carbons (Fsp3) is 0.217. The zero-order valence-electron chi connectivity index (χ0n) is 16.0. The summed E-state index contributed by atoms with van der Waals surface area (Å²) in [5, 5.41) is 8.80. The van der Waals surface area contributed by atoms with E-state index >= 15 is 0 Å². The fourth-order valence-electron chi connectivity index (χ4n) is 3.54. The smallest absolute Gasteiger partial charge is 0.253 e. The lowest BCUT2D eigenvalue weighted by Crippen LogP contribution is -2.26. The minimum Gasteiger partial charge on any atom is -0.467 e. The molecule has 0 bridgehead atoms. The summed E-state index contributed by atoms with van der Waals surface area (Å²) < 4.78 is 5.23. The number of fused-ring (bicyclic) bond motifs is 1. The predicted molar refractivity (Wildman–Crippen MR) is 112 cm³/mol. The van der Waals surface area contributed by atoms with Crippen LogP contribution in [0, 0.1) is 0 Å². The van der Waals surface area contributed by atoms with Crippen LogP contribution in [-0.4, -0.2) is 18.4 Å². The third-order valence-electron chi connectivity index (χ3n) is 5.00. The molecule has 0 spiro atoms.